The maximum absolute atomic E-state index is 9.81. The second-order valence-corrected chi connectivity index (χ2v) is 6.06. The Hall–Kier alpha value is -2.30. The number of aromatic nitrogens is 1. The quantitative estimate of drug-likeness (QED) is 0.795. The van der Waals surface area contributed by atoms with Crippen LogP contribution in [0.5, 0.6) is 17.5 Å². The molecule has 0 fully saturated rings. The molecule has 0 aliphatic carbocycles. The molecule has 0 amide bonds. The molecule has 0 bridgehead atoms. The Morgan fingerprint density at radius 1 is 1.19 bits per heavy atom. The molecule has 3 N–H and O–H groups in total. The van der Waals surface area contributed by atoms with Gasteiger partial charge in [-0.1, -0.05) is 6.07 Å². The maximum atomic E-state index is 9.81. The van der Waals surface area contributed by atoms with Crippen LogP contribution < -0.4 is 10.1 Å². The number of nitrogens with one attached hydrogen (secondary N) is 1. The van der Waals surface area contributed by atoms with Gasteiger partial charge in [-0.2, -0.15) is 0 Å². The van der Waals surface area contributed by atoms with E-state index < -0.39 is 5.60 Å². The number of nitrogens with zero attached hydrogens (tertiary/aromatic N) is 1. The molecule has 1 atom stereocenters. The fourth-order valence-corrected chi connectivity index (χ4v) is 2.64. The van der Waals surface area contributed by atoms with Crippen LogP contribution >= 0.6 is 0 Å². The van der Waals surface area contributed by atoms with E-state index in [1.165, 1.54) is 16.7 Å². The van der Waals surface area contributed by atoms with Crippen LogP contribution in [0.25, 0.3) is 0 Å². The van der Waals surface area contributed by atoms with Gasteiger partial charge in [-0.25, -0.2) is 0 Å². The second kappa shape index (κ2) is 4.62. The molecule has 2 aromatic rings. The molecule has 1 unspecified atom stereocenters. The van der Waals surface area contributed by atoms with Gasteiger partial charge in [0.2, 0.25) is 0 Å². The Bertz CT molecular complexity index is 657. The van der Waals surface area contributed by atoms with E-state index in [4.69, 9.17) is 4.74 Å². The van der Waals surface area contributed by atoms with Crippen LogP contribution in [0.2, 0.25) is 0 Å². The SMILES string of the molecule is Cc1ccc2c(c1)NC(Cn1c(O)ccc1O)C(C)(C)O2. The van der Waals surface area contributed by atoms with Crippen molar-refractivity contribution in [1.82, 2.24) is 4.57 Å². The van der Waals surface area contributed by atoms with E-state index in [1.54, 1.807) is 0 Å². The Morgan fingerprint density at radius 2 is 1.86 bits per heavy atom. The minimum atomic E-state index is -0.467. The molecule has 0 saturated carbocycles. The minimum absolute atomic E-state index is 0.0418. The van der Waals surface area contributed by atoms with Crippen molar-refractivity contribution in [2.75, 3.05) is 5.32 Å². The van der Waals surface area contributed by atoms with Crippen molar-refractivity contribution in [2.24, 2.45) is 0 Å². The molecule has 1 aliphatic heterocycles. The summed E-state index contributed by atoms with van der Waals surface area (Å²) in [5.41, 5.74) is 1.62. The van der Waals surface area contributed by atoms with Crippen molar-refractivity contribution in [3.05, 3.63) is 35.9 Å². The van der Waals surface area contributed by atoms with Crippen LogP contribution in [0.4, 0.5) is 5.69 Å². The van der Waals surface area contributed by atoms with Crippen molar-refractivity contribution in [2.45, 2.75) is 39.0 Å². The van der Waals surface area contributed by atoms with Gasteiger partial charge in [0, 0.05) is 12.1 Å². The standard InChI is InChI=1S/C16H20N2O3/c1-10-4-5-12-11(8-10)17-13(16(2,3)21-12)9-18-14(19)6-7-15(18)20/h4-8,13,17,19-20H,9H2,1-3H3. The lowest BCUT2D eigenvalue weighted by Gasteiger charge is -2.41. The third-order valence-electron chi connectivity index (χ3n) is 3.98. The van der Waals surface area contributed by atoms with Crippen LogP contribution in [-0.2, 0) is 6.54 Å². The largest absolute Gasteiger partial charge is 0.494 e. The van der Waals surface area contributed by atoms with Gasteiger partial charge < -0.3 is 20.3 Å². The van der Waals surface area contributed by atoms with Gasteiger partial charge in [-0.15, -0.1) is 0 Å². The van der Waals surface area contributed by atoms with Crippen LogP contribution in [0, 0.1) is 6.92 Å². The van der Waals surface area contributed by atoms with Gasteiger partial charge in [-0.05, 0) is 38.5 Å². The summed E-state index contributed by atoms with van der Waals surface area (Å²) in [6, 6.07) is 8.87. The van der Waals surface area contributed by atoms with Crippen LogP contribution in [0.3, 0.4) is 0 Å². The molecule has 3 rings (SSSR count). The van der Waals surface area contributed by atoms with Crippen molar-refractivity contribution in [3.63, 3.8) is 0 Å². The number of anilines is 1. The zero-order valence-corrected chi connectivity index (χ0v) is 12.4. The third kappa shape index (κ3) is 2.39. The monoisotopic (exact) mass is 288 g/mol. The zero-order chi connectivity index (χ0) is 15.2. The maximum Gasteiger partial charge on any atom is 0.193 e. The smallest absolute Gasteiger partial charge is 0.193 e. The molecule has 0 saturated heterocycles. The Labute approximate surface area is 123 Å². The van der Waals surface area contributed by atoms with Crippen LogP contribution in [-0.4, -0.2) is 26.4 Å². The normalized spacial score (nSPS) is 19.5. The number of hydrogen-bond acceptors (Lipinski definition) is 4. The summed E-state index contributed by atoms with van der Waals surface area (Å²) >= 11 is 0. The fourth-order valence-electron chi connectivity index (χ4n) is 2.64. The Kier molecular flexibility index (Phi) is 3.01. The van der Waals surface area contributed by atoms with E-state index in [0.717, 1.165) is 17.0 Å². The fraction of sp³-hybridized carbons (Fsp3) is 0.375. The highest BCUT2D eigenvalue weighted by Crippen LogP contribution is 2.37. The highest BCUT2D eigenvalue weighted by atomic mass is 16.5. The first kappa shape index (κ1) is 13.7. The van der Waals surface area contributed by atoms with Crippen LogP contribution in [0.15, 0.2) is 30.3 Å². The lowest BCUT2D eigenvalue weighted by Crippen LogP contribution is -2.51. The van der Waals surface area contributed by atoms with E-state index in [1.807, 2.05) is 39.0 Å². The number of aryl methyl sites for hydroxylation is 1. The highest BCUT2D eigenvalue weighted by Gasteiger charge is 2.37. The zero-order valence-electron chi connectivity index (χ0n) is 12.4. The van der Waals surface area contributed by atoms with Crippen molar-refractivity contribution >= 4 is 5.69 Å². The minimum Gasteiger partial charge on any atom is -0.494 e. The highest BCUT2D eigenvalue weighted by molar-refractivity contribution is 5.60. The van der Waals surface area contributed by atoms with Gasteiger partial charge in [0.05, 0.1) is 18.3 Å². The number of fused-ring (bicyclic) bond motifs is 1. The molecule has 5 heteroatoms. The molecule has 1 aromatic carbocycles. The van der Waals surface area contributed by atoms with Gasteiger partial charge >= 0.3 is 0 Å². The average molecular weight is 288 g/mol. The van der Waals surface area contributed by atoms with Gasteiger partial charge in [-0.3, -0.25) is 4.57 Å². The van der Waals surface area contributed by atoms with E-state index in [2.05, 4.69) is 5.32 Å². The molecule has 0 spiro atoms. The van der Waals surface area contributed by atoms with E-state index in [-0.39, 0.29) is 17.8 Å². The molecular weight excluding hydrogens is 268 g/mol. The number of hydrogen-bond donors (Lipinski definition) is 3. The van der Waals surface area contributed by atoms with Gasteiger partial charge in [0.25, 0.3) is 0 Å². The molecule has 0 radical (unpaired) electrons. The summed E-state index contributed by atoms with van der Waals surface area (Å²) in [6.07, 6.45) is 0. The summed E-state index contributed by atoms with van der Waals surface area (Å²) < 4.78 is 7.54. The Balaban J connectivity index is 1.92. The summed E-state index contributed by atoms with van der Waals surface area (Å²) in [7, 11) is 0. The van der Waals surface area contributed by atoms with Crippen molar-refractivity contribution < 1.29 is 14.9 Å². The van der Waals surface area contributed by atoms with Crippen molar-refractivity contribution in [1.29, 1.82) is 0 Å². The number of benzene rings is 1. The average Bonchev–Trinajstić information content (AvgIpc) is 2.71. The molecule has 112 valence electrons. The molecule has 1 aliphatic rings. The molecule has 5 nitrogen and oxygen atoms in total. The predicted molar refractivity (Wildman–Crippen MR) is 81.1 cm³/mol. The summed E-state index contributed by atoms with van der Waals surface area (Å²) in [5.74, 6) is 0.906. The topological polar surface area (TPSA) is 66.7 Å². The van der Waals surface area contributed by atoms with E-state index >= 15 is 0 Å². The molecular formula is C16H20N2O3. The molecule has 21 heavy (non-hydrogen) atoms. The van der Waals surface area contributed by atoms with Gasteiger partial charge in [0.1, 0.15) is 11.4 Å². The van der Waals surface area contributed by atoms with Crippen molar-refractivity contribution in [3.8, 4) is 17.5 Å². The molecule has 1 aromatic heterocycles. The lowest BCUT2D eigenvalue weighted by molar-refractivity contribution is 0.0702. The second-order valence-electron chi connectivity index (χ2n) is 6.06. The summed E-state index contributed by atoms with van der Waals surface area (Å²) in [5, 5.41) is 23.1. The van der Waals surface area contributed by atoms with E-state index in [0.29, 0.717) is 6.54 Å². The van der Waals surface area contributed by atoms with Gasteiger partial charge in [0.15, 0.2) is 11.8 Å². The first-order valence-electron chi connectivity index (χ1n) is 7.00. The third-order valence-corrected chi connectivity index (χ3v) is 3.98. The predicted octanol–water partition coefficient (Wildman–Crippen LogP) is 2.86. The molecule has 2 heterocycles. The number of ether oxygens (including phenoxy) is 1. The number of aromatic hydroxyl groups is 2. The first-order valence-corrected chi connectivity index (χ1v) is 7.00. The van der Waals surface area contributed by atoms with Crippen LogP contribution in [0.1, 0.15) is 19.4 Å². The first-order chi connectivity index (χ1) is 9.87. The Morgan fingerprint density at radius 3 is 2.52 bits per heavy atom. The number of rotatable bonds is 2. The lowest BCUT2D eigenvalue weighted by atomic mass is 9.95. The van der Waals surface area contributed by atoms with E-state index in [9.17, 15) is 10.2 Å². The summed E-state index contributed by atoms with van der Waals surface area (Å²) in [4.78, 5) is 0. The summed E-state index contributed by atoms with van der Waals surface area (Å²) in [6.45, 7) is 6.42.